The van der Waals surface area contributed by atoms with Crippen LogP contribution in [0.4, 0.5) is 5.69 Å². The topological polar surface area (TPSA) is 44.3 Å². The monoisotopic (exact) mass is 336 g/mol. The fourth-order valence-corrected chi connectivity index (χ4v) is 3.68. The minimum atomic E-state index is -0.766. The molecule has 0 aliphatic heterocycles. The van der Waals surface area contributed by atoms with E-state index in [0.717, 1.165) is 23.7 Å². The molecule has 0 atom stereocenters. The zero-order chi connectivity index (χ0) is 16.9. The molecule has 0 aromatic heterocycles. The Morgan fingerprint density at radius 1 is 1.13 bits per heavy atom. The van der Waals surface area contributed by atoms with Crippen molar-refractivity contribution in [2.75, 3.05) is 11.9 Å². The van der Waals surface area contributed by atoms with E-state index in [1.165, 1.54) is 25.7 Å². The van der Waals surface area contributed by atoms with Gasteiger partial charge in [-0.3, -0.25) is 4.72 Å². The van der Waals surface area contributed by atoms with Crippen molar-refractivity contribution in [2.24, 2.45) is 5.92 Å². The highest BCUT2D eigenvalue weighted by molar-refractivity contribution is 7.98. The molecule has 1 aromatic rings. The largest absolute Gasteiger partial charge is 0.386 e. The Morgan fingerprint density at radius 3 is 2.26 bits per heavy atom. The van der Waals surface area contributed by atoms with E-state index in [-0.39, 0.29) is 0 Å². The van der Waals surface area contributed by atoms with E-state index >= 15 is 0 Å². The third kappa shape index (κ3) is 6.36. The van der Waals surface area contributed by atoms with Gasteiger partial charge in [0.05, 0.1) is 5.60 Å². The quantitative estimate of drug-likeness (QED) is 0.640. The van der Waals surface area contributed by atoms with Gasteiger partial charge < -0.3 is 10.4 Å². The van der Waals surface area contributed by atoms with Gasteiger partial charge in [0.15, 0.2) is 0 Å². The Kier molecular flexibility index (Phi) is 6.81. The number of benzene rings is 1. The summed E-state index contributed by atoms with van der Waals surface area (Å²) in [5, 5.41) is 14.2. The first-order valence-electron chi connectivity index (χ1n) is 8.82. The van der Waals surface area contributed by atoms with Crippen LogP contribution >= 0.6 is 11.9 Å². The van der Waals surface area contributed by atoms with Crippen molar-refractivity contribution in [3.05, 3.63) is 29.8 Å². The van der Waals surface area contributed by atoms with Gasteiger partial charge in [0, 0.05) is 23.5 Å². The van der Waals surface area contributed by atoms with Crippen LogP contribution < -0.4 is 10.0 Å². The average Bonchev–Trinajstić information content (AvgIpc) is 2.51. The summed E-state index contributed by atoms with van der Waals surface area (Å²) < 4.78 is 3.61. The maximum atomic E-state index is 9.99. The molecule has 0 spiro atoms. The minimum Gasteiger partial charge on any atom is -0.386 e. The molecule has 3 N–H and O–H groups in total. The molecule has 130 valence electrons. The van der Waals surface area contributed by atoms with Crippen LogP contribution in [-0.4, -0.2) is 22.9 Å². The van der Waals surface area contributed by atoms with Crippen LogP contribution in [0.1, 0.15) is 58.9 Å². The standard InChI is InChI=1S/C19H32N2OS/c1-14(2)23-21-18-9-5-15(6-10-18)13-20-17-11-7-16(8-12-17)19(3,4)22/h7-8,11-12,14-15,18,20-22H,5-6,9-10,13H2,1-4H3. The van der Waals surface area contributed by atoms with Crippen molar-refractivity contribution in [3.8, 4) is 0 Å². The molecule has 4 heteroatoms. The van der Waals surface area contributed by atoms with Crippen LogP contribution in [0.3, 0.4) is 0 Å². The van der Waals surface area contributed by atoms with E-state index in [4.69, 9.17) is 0 Å². The van der Waals surface area contributed by atoms with Gasteiger partial charge in [0.25, 0.3) is 0 Å². The van der Waals surface area contributed by atoms with Gasteiger partial charge >= 0.3 is 0 Å². The van der Waals surface area contributed by atoms with Gasteiger partial charge in [0.1, 0.15) is 0 Å². The summed E-state index contributed by atoms with van der Waals surface area (Å²) in [6, 6.07) is 8.84. The maximum Gasteiger partial charge on any atom is 0.0840 e. The predicted molar refractivity (Wildman–Crippen MR) is 102 cm³/mol. The predicted octanol–water partition coefficient (Wildman–Crippen LogP) is 4.53. The SMILES string of the molecule is CC(C)SNC1CCC(CNc2ccc(C(C)(C)O)cc2)CC1. The molecule has 0 bridgehead atoms. The van der Waals surface area contributed by atoms with Crippen LogP contribution in [0.2, 0.25) is 0 Å². The van der Waals surface area contributed by atoms with Gasteiger partial charge in [-0.15, -0.1) is 0 Å². The van der Waals surface area contributed by atoms with E-state index in [9.17, 15) is 5.11 Å². The summed E-state index contributed by atoms with van der Waals surface area (Å²) >= 11 is 1.87. The van der Waals surface area contributed by atoms with Crippen molar-refractivity contribution in [3.63, 3.8) is 0 Å². The van der Waals surface area contributed by atoms with Crippen molar-refractivity contribution in [1.29, 1.82) is 0 Å². The van der Waals surface area contributed by atoms with Crippen LogP contribution in [0.5, 0.6) is 0 Å². The third-order valence-electron chi connectivity index (χ3n) is 4.50. The number of rotatable bonds is 7. The van der Waals surface area contributed by atoms with Crippen LogP contribution in [-0.2, 0) is 5.60 Å². The molecule has 3 nitrogen and oxygen atoms in total. The minimum absolute atomic E-state index is 0.654. The molecule has 0 unspecified atom stereocenters. The lowest BCUT2D eigenvalue weighted by Gasteiger charge is -2.29. The summed E-state index contributed by atoms with van der Waals surface area (Å²) in [5.41, 5.74) is 1.34. The normalized spacial score (nSPS) is 22.3. The van der Waals surface area contributed by atoms with Gasteiger partial charge in [-0.05, 0) is 63.1 Å². The highest BCUT2D eigenvalue weighted by atomic mass is 32.2. The summed E-state index contributed by atoms with van der Waals surface area (Å²) in [5.74, 6) is 0.769. The van der Waals surface area contributed by atoms with E-state index < -0.39 is 5.60 Å². The number of hydrogen-bond acceptors (Lipinski definition) is 4. The Hall–Kier alpha value is -0.710. The van der Waals surface area contributed by atoms with Crippen LogP contribution in [0.25, 0.3) is 0 Å². The first-order chi connectivity index (χ1) is 10.8. The highest BCUT2D eigenvalue weighted by Gasteiger charge is 2.21. The lowest BCUT2D eigenvalue weighted by molar-refractivity contribution is 0.0786. The van der Waals surface area contributed by atoms with Crippen molar-refractivity contribution >= 4 is 17.6 Å². The summed E-state index contributed by atoms with van der Waals surface area (Å²) in [4.78, 5) is 0. The van der Waals surface area contributed by atoms with E-state index in [1.807, 2.05) is 37.9 Å². The van der Waals surface area contributed by atoms with Gasteiger partial charge in [0.2, 0.25) is 0 Å². The Bertz CT molecular complexity index is 459. The van der Waals surface area contributed by atoms with E-state index in [2.05, 4.69) is 36.0 Å². The molecule has 0 radical (unpaired) electrons. The molecule has 23 heavy (non-hydrogen) atoms. The van der Waals surface area contributed by atoms with Crippen molar-refractivity contribution < 1.29 is 5.11 Å². The van der Waals surface area contributed by atoms with Crippen molar-refractivity contribution in [1.82, 2.24) is 4.72 Å². The second-order valence-electron chi connectivity index (χ2n) is 7.52. The molecule has 1 fully saturated rings. The second-order valence-corrected chi connectivity index (χ2v) is 8.93. The van der Waals surface area contributed by atoms with Crippen molar-refractivity contribution in [2.45, 2.75) is 70.3 Å². The number of anilines is 1. The molecular formula is C19H32N2OS. The van der Waals surface area contributed by atoms with E-state index in [0.29, 0.717) is 11.3 Å². The lowest BCUT2D eigenvalue weighted by atomic mass is 9.86. The first-order valence-corrected chi connectivity index (χ1v) is 9.70. The molecule has 2 rings (SSSR count). The number of nitrogens with one attached hydrogen (secondary N) is 2. The zero-order valence-electron chi connectivity index (χ0n) is 14.9. The van der Waals surface area contributed by atoms with Gasteiger partial charge in [-0.25, -0.2) is 0 Å². The number of hydrogen-bond donors (Lipinski definition) is 3. The number of aliphatic hydroxyl groups is 1. The summed E-state index contributed by atoms with van der Waals surface area (Å²) in [6.45, 7) is 9.15. The molecule has 1 aromatic carbocycles. The maximum absolute atomic E-state index is 9.99. The Labute approximate surface area is 145 Å². The highest BCUT2D eigenvalue weighted by Crippen LogP contribution is 2.27. The lowest BCUT2D eigenvalue weighted by Crippen LogP contribution is -2.31. The van der Waals surface area contributed by atoms with Gasteiger partial charge in [-0.1, -0.05) is 37.9 Å². The molecule has 0 saturated heterocycles. The average molecular weight is 337 g/mol. The summed E-state index contributed by atoms with van der Waals surface area (Å²) in [6.07, 6.45) is 5.16. The smallest absolute Gasteiger partial charge is 0.0840 e. The molecule has 0 heterocycles. The summed E-state index contributed by atoms with van der Waals surface area (Å²) in [7, 11) is 0. The molecular weight excluding hydrogens is 304 g/mol. The van der Waals surface area contributed by atoms with Gasteiger partial charge in [-0.2, -0.15) is 0 Å². The molecule has 1 aliphatic carbocycles. The Balaban J connectivity index is 1.71. The molecule has 0 amide bonds. The molecule has 1 saturated carbocycles. The first kappa shape index (κ1) is 18.6. The van der Waals surface area contributed by atoms with Crippen LogP contribution in [0.15, 0.2) is 24.3 Å². The molecule has 1 aliphatic rings. The Morgan fingerprint density at radius 2 is 1.74 bits per heavy atom. The zero-order valence-corrected chi connectivity index (χ0v) is 15.7. The third-order valence-corrected chi connectivity index (χ3v) is 5.44. The van der Waals surface area contributed by atoms with Crippen LogP contribution in [0, 0.1) is 5.92 Å². The fourth-order valence-electron chi connectivity index (χ4n) is 2.97. The van der Waals surface area contributed by atoms with E-state index in [1.54, 1.807) is 0 Å². The fraction of sp³-hybridized carbons (Fsp3) is 0.684. The second kappa shape index (κ2) is 8.41.